The number of aliphatic hydroxyl groups excluding tert-OH is 1. The van der Waals surface area contributed by atoms with E-state index in [4.69, 9.17) is 0 Å². The van der Waals surface area contributed by atoms with Gasteiger partial charge in [0.25, 0.3) is 0 Å². The molecule has 1 unspecified atom stereocenters. The Hall–Kier alpha value is -0.120. The maximum atomic E-state index is 9.23. The van der Waals surface area contributed by atoms with Crippen LogP contribution < -0.4 is 5.32 Å². The van der Waals surface area contributed by atoms with E-state index in [1.165, 1.54) is 32.4 Å². The smallest absolute Gasteiger partial charge is 0.0623 e. The largest absolute Gasteiger partial charge is 0.394 e. The predicted molar refractivity (Wildman–Crippen MR) is 54.8 cm³/mol. The summed E-state index contributed by atoms with van der Waals surface area (Å²) in [6.45, 7) is 5.62. The van der Waals surface area contributed by atoms with Crippen LogP contribution in [-0.2, 0) is 0 Å². The number of nitrogens with zero attached hydrogens (tertiary/aromatic N) is 1. The van der Waals surface area contributed by atoms with Crippen LogP contribution >= 0.6 is 0 Å². The number of aliphatic hydroxyl groups is 1. The molecule has 0 amide bonds. The van der Waals surface area contributed by atoms with E-state index in [1.54, 1.807) is 0 Å². The first-order valence-electron chi connectivity index (χ1n) is 5.22. The highest BCUT2D eigenvalue weighted by atomic mass is 16.3. The molecule has 1 aliphatic heterocycles. The van der Waals surface area contributed by atoms with Crippen molar-refractivity contribution in [2.75, 3.05) is 33.3 Å². The Balaban J connectivity index is 2.35. The quantitative estimate of drug-likeness (QED) is 0.669. The van der Waals surface area contributed by atoms with Crippen LogP contribution in [0.4, 0.5) is 0 Å². The minimum absolute atomic E-state index is 0.128. The molecule has 1 heterocycles. The Morgan fingerprint density at radius 3 is 2.38 bits per heavy atom. The summed E-state index contributed by atoms with van der Waals surface area (Å²) in [5.74, 6) is 0. The summed E-state index contributed by atoms with van der Waals surface area (Å²) in [6, 6.07) is 0. The van der Waals surface area contributed by atoms with Crippen molar-refractivity contribution in [2.45, 2.75) is 31.7 Å². The average molecular weight is 186 g/mol. The van der Waals surface area contributed by atoms with Gasteiger partial charge in [-0.15, -0.1) is 0 Å². The van der Waals surface area contributed by atoms with Crippen LogP contribution in [0.2, 0.25) is 0 Å². The first-order chi connectivity index (χ1) is 6.20. The molecule has 1 saturated heterocycles. The van der Waals surface area contributed by atoms with E-state index in [0.717, 1.165) is 6.54 Å². The highest BCUT2D eigenvalue weighted by Crippen LogP contribution is 2.12. The van der Waals surface area contributed by atoms with E-state index in [-0.39, 0.29) is 12.1 Å². The second kappa shape index (κ2) is 4.94. The summed E-state index contributed by atoms with van der Waals surface area (Å²) in [4.78, 5) is 2.44. The lowest BCUT2D eigenvalue weighted by molar-refractivity contribution is 0.114. The topological polar surface area (TPSA) is 35.5 Å². The molecule has 13 heavy (non-hydrogen) atoms. The fourth-order valence-electron chi connectivity index (χ4n) is 1.82. The molecule has 0 spiro atoms. The van der Waals surface area contributed by atoms with Gasteiger partial charge in [-0.3, -0.25) is 0 Å². The molecule has 2 N–H and O–H groups in total. The van der Waals surface area contributed by atoms with E-state index in [0.29, 0.717) is 0 Å². The van der Waals surface area contributed by atoms with Gasteiger partial charge in [0.15, 0.2) is 0 Å². The molecule has 0 saturated carbocycles. The third-order valence-electron chi connectivity index (χ3n) is 2.97. The van der Waals surface area contributed by atoms with Gasteiger partial charge in [-0.2, -0.15) is 0 Å². The molecule has 1 rings (SSSR count). The second-order valence-electron chi connectivity index (χ2n) is 4.31. The lowest BCUT2D eigenvalue weighted by Gasteiger charge is -2.35. The predicted octanol–water partition coefficient (Wildman–Crippen LogP) is 0.443. The number of nitrogens with one attached hydrogen (secondary N) is 1. The maximum Gasteiger partial charge on any atom is 0.0623 e. The van der Waals surface area contributed by atoms with E-state index in [9.17, 15) is 5.11 Å². The summed E-state index contributed by atoms with van der Waals surface area (Å²) < 4.78 is 0. The summed E-state index contributed by atoms with van der Waals surface area (Å²) in [5.41, 5.74) is -0.128. The molecule has 0 aromatic heterocycles. The molecule has 1 atom stereocenters. The third-order valence-corrected chi connectivity index (χ3v) is 2.97. The first kappa shape index (κ1) is 11.0. The zero-order valence-electron chi connectivity index (χ0n) is 8.84. The van der Waals surface area contributed by atoms with Crippen molar-refractivity contribution in [3.63, 3.8) is 0 Å². The monoisotopic (exact) mass is 186 g/mol. The normalized spacial score (nSPS) is 24.2. The molecule has 0 aromatic rings. The summed E-state index contributed by atoms with van der Waals surface area (Å²) in [6.07, 6.45) is 3.99. The fraction of sp³-hybridized carbons (Fsp3) is 1.00. The number of rotatable bonds is 4. The SMILES string of the molecule is CNC(C)(CO)CN1CCCCC1. The number of likely N-dealkylation sites (N-methyl/N-ethyl adjacent to an activating group) is 1. The van der Waals surface area contributed by atoms with Crippen molar-refractivity contribution in [3.8, 4) is 0 Å². The van der Waals surface area contributed by atoms with Gasteiger partial charge >= 0.3 is 0 Å². The minimum atomic E-state index is -0.128. The van der Waals surface area contributed by atoms with Gasteiger partial charge < -0.3 is 15.3 Å². The van der Waals surface area contributed by atoms with Crippen LogP contribution in [0.1, 0.15) is 26.2 Å². The van der Waals surface area contributed by atoms with Gasteiger partial charge in [0.2, 0.25) is 0 Å². The Kier molecular flexibility index (Phi) is 4.16. The lowest BCUT2D eigenvalue weighted by atomic mass is 10.0. The standard InChI is InChI=1S/C10H22N2O/c1-10(9-13,11-2)8-12-6-4-3-5-7-12/h11,13H,3-9H2,1-2H3. The van der Waals surface area contributed by atoms with Gasteiger partial charge in [0, 0.05) is 6.54 Å². The van der Waals surface area contributed by atoms with Gasteiger partial charge in [-0.1, -0.05) is 6.42 Å². The van der Waals surface area contributed by atoms with Gasteiger partial charge in [0.1, 0.15) is 0 Å². The summed E-state index contributed by atoms with van der Waals surface area (Å²) >= 11 is 0. The number of piperidine rings is 1. The van der Waals surface area contributed by atoms with Crippen LogP contribution in [0.5, 0.6) is 0 Å². The zero-order chi connectivity index (χ0) is 9.73. The van der Waals surface area contributed by atoms with Crippen LogP contribution in [0.3, 0.4) is 0 Å². The molecule has 0 radical (unpaired) electrons. The Labute approximate surface area is 81.1 Å². The van der Waals surface area contributed by atoms with Crippen molar-refractivity contribution >= 4 is 0 Å². The molecule has 1 aliphatic rings. The van der Waals surface area contributed by atoms with Crippen LogP contribution in [-0.4, -0.2) is 48.8 Å². The van der Waals surface area contributed by atoms with Crippen LogP contribution in [0, 0.1) is 0 Å². The second-order valence-corrected chi connectivity index (χ2v) is 4.31. The van der Waals surface area contributed by atoms with Crippen molar-refractivity contribution in [3.05, 3.63) is 0 Å². The molecule has 3 nitrogen and oxygen atoms in total. The van der Waals surface area contributed by atoms with E-state index >= 15 is 0 Å². The van der Waals surface area contributed by atoms with E-state index < -0.39 is 0 Å². The van der Waals surface area contributed by atoms with Crippen molar-refractivity contribution < 1.29 is 5.11 Å². The number of hydrogen-bond acceptors (Lipinski definition) is 3. The Bertz CT molecular complexity index is 140. The highest BCUT2D eigenvalue weighted by molar-refractivity contribution is 4.85. The van der Waals surface area contributed by atoms with Crippen molar-refractivity contribution in [1.82, 2.24) is 10.2 Å². The van der Waals surface area contributed by atoms with Gasteiger partial charge in [-0.05, 0) is 39.9 Å². The summed E-state index contributed by atoms with van der Waals surface area (Å²) in [5, 5.41) is 12.4. The van der Waals surface area contributed by atoms with Crippen LogP contribution in [0.15, 0.2) is 0 Å². The Morgan fingerprint density at radius 2 is 1.92 bits per heavy atom. The fourth-order valence-corrected chi connectivity index (χ4v) is 1.82. The molecule has 0 bridgehead atoms. The first-order valence-corrected chi connectivity index (χ1v) is 5.22. The molecule has 1 fully saturated rings. The van der Waals surface area contributed by atoms with E-state index in [2.05, 4.69) is 17.1 Å². The highest BCUT2D eigenvalue weighted by Gasteiger charge is 2.24. The maximum absolute atomic E-state index is 9.23. The van der Waals surface area contributed by atoms with Gasteiger partial charge in [-0.25, -0.2) is 0 Å². The molecule has 3 heteroatoms. The van der Waals surface area contributed by atoms with Crippen LogP contribution in [0.25, 0.3) is 0 Å². The summed E-state index contributed by atoms with van der Waals surface area (Å²) in [7, 11) is 1.92. The van der Waals surface area contributed by atoms with E-state index in [1.807, 2.05) is 7.05 Å². The third kappa shape index (κ3) is 3.25. The minimum Gasteiger partial charge on any atom is -0.394 e. The zero-order valence-corrected chi connectivity index (χ0v) is 8.84. The molecule has 78 valence electrons. The molecule has 0 aromatic carbocycles. The van der Waals surface area contributed by atoms with Gasteiger partial charge in [0.05, 0.1) is 12.1 Å². The van der Waals surface area contributed by atoms with Crippen molar-refractivity contribution in [2.24, 2.45) is 0 Å². The molecule has 0 aliphatic carbocycles. The molecular formula is C10H22N2O. The Morgan fingerprint density at radius 1 is 1.31 bits per heavy atom. The molecular weight excluding hydrogens is 164 g/mol. The van der Waals surface area contributed by atoms with Crippen molar-refractivity contribution in [1.29, 1.82) is 0 Å². The average Bonchev–Trinajstić information content (AvgIpc) is 2.19. The number of hydrogen-bond donors (Lipinski definition) is 2. The number of likely N-dealkylation sites (tertiary alicyclic amines) is 1. The lowest BCUT2D eigenvalue weighted by Crippen LogP contribution is -2.53.